The smallest absolute Gasteiger partial charge is 0.119 e. The van der Waals surface area contributed by atoms with E-state index in [2.05, 4.69) is 35.8 Å². The van der Waals surface area contributed by atoms with E-state index in [1.165, 1.54) is 29.9 Å². The van der Waals surface area contributed by atoms with E-state index in [0.717, 1.165) is 12.3 Å². The lowest BCUT2D eigenvalue weighted by atomic mass is 10.1. The molecular weight excluding hydrogens is 308 g/mol. The molecule has 1 unspecified atom stereocenters. The summed E-state index contributed by atoms with van der Waals surface area (Å²) in [5.41, 5.74) is 1.31. The summed E-state index contributed by atoms with van der Waals surface area (Å²) in [6, 6.07) is 8.97. The maximum Gasteiger partial charge on any atom is 0.119 e. The van der Waals surface area contributed by atoms with Crippen LogP contribution in [0.3, 0.4) is 0 Å². The van der Waals surface area contributed by atoms with Crippen LogP contribution in [0.25, 0.3) is 0 Å². The van der Waals surface area contributed by atoms with Gasteiger partial charge in [-0.05, 0) is 63.2 Å². The van der Waals surface area contributed by atoms with E-state index in [-0.39, 0.29) is 0 Å². The Hall–Kier alpha value is -0.750. The Morgan fingerprint density at radius 3 is 2.43 bits per heavy atom. The van der Waals surface area contributed by atoms with E-state index in [9.17, 15) is 5.11 Å². The van der Waals surface area contributed by atoms with Gasteiger partial charge >= 0.3 is 0 Å². The normalized spacial score (nSPS) is 17.7. The van der Waals surface area contributed by atoms with Crippen molar-refractivity contribution >= 4 is 11.8 Å². The van der Waals surface area contributed by atoms with Crippen LogP contribution in [0, 0.1) is 0 Å². The van der Waals surface area contributed by atoms with Gasteiger partial charge in [-0.3, -0.25) is 4.90 Å². The van der Waals surface area contributed by atoms with Gasteiger partial charge in [0.15, 0.2) is 0 Å². The molecule has 23 heavy (non-hydrogen) atoms. The van der Waals surface area contributed by atoms with Gasteiger partial charge in [0.25, 0.3) is 0 Å². The zero-order valence-electron chi connectivity index (χ0n) is 14.6. The van der Waals surface area contributed by atoms with Gasteiger partial charge in [-0.2, -0.15) is 11.8 Å². The maximum atomic E-state index is 9.82. The van der Waals surface area contributed by atoms with Crippen molar-refractivity contribution in [2.45, 2.75) is 31.5 Å². The van der Waals surface area contributed by atoms with Crippen LogP contribution >= 0.6 is 11.8 Å². The molecule has 0 aromatic heterocycles. The molecule has 0 amide bonds. The molecule has 2 rings (SSSR count). The number of ether oxygens (including phenoxy) is 1. The second-order valence-electron chi connectivity index (χ2n) is 6.63. The van der Waals surface area contributed by atoms with Crippen LogP contribution < -0.4 is 4.74 Å². The third-order valence-electron chi connectivity index (χ3n) is 4.19. The molecule has 1 aromatic rings. The molecule has 0 radical (unpaired) electrons. The van der Waals surface area contributed by atoms with Crippen molar-refractivity contribution in [1.82, 2.24) is 9.80 Å². The molecule has 4 nitrogen and oxygen atoms in total. The molecule has 0 aliphatic carbocycles. The molecule has 1 aliphatic rings. The highest BCUT2D eigenvalue weighted by atomic mass is 32.2. The Kier molecular flexibility index (Phi) is 7.70. The van der Waals surface area contributed by atoms with Gasteiger partial charge in [0.2, 0.25) is 0 Å². The lowest BCUT2D eigenvalue weighted by Crippen LogP contribution is -2.34. The van der Waals surface area contributed by atoms with Gasteiger partial charge in [-0.15, -0.1) is 0 Å². The topological polar surface area (TPSA) is 35.9 Å². The average Bonchev–Trinajstić information content (AvgIpc) is 2.54. The zero-order chi connectivity index (χ0) is 16.7. The number of benzene rings is 1. The van der Waals surface area contributed by atoms with Crippen LogP contribution in [0.5, 0.6) is 5.75 Å². The molecule has 1 saturated heterocycles. The van der Waals surface area contributed by atoms with Gasteiger partial charge in [0.05, 0.1) is 0 Å². The SMILES string of the molecule is CN(C)CC(O)COc1ccc(CN(C)C2CCSCC2)cc1. The lowest BCUT2D eigenvalue weighted by Gasteiger charge is -2.31. The molecule has 0 spiro atoms. The first-order valence-electron chi connectivity index (χ1n) is 8.37. The molecule has 1 N–H and O–H groups in total. The van der Waals surface area contributed by atoms with Crippen molar-refractivity contribution in [2.75, 3.05) is 45.8 Å². The minimum Gasteiger partial charge on any atom is -0.491 e. The molecular formula is C18H30N2O2S. The predicted molar refractivity (Wildman–Crippen MR) is 98.3 cm³/mol. The Labute approximate surface area is 144 Å². The lowest BCUT2D eigenvalue weighted by molar-refractivity contribution is 0.0831. The third-order valence-corrected chi connectivity index (χ3v) is 5.24. The molecule has 1 fully saturated rings. The van der Waals surface area contributed by atoms with Crippen molar-refractivity contribution in [2.24, 2.45) is 0 Å². The first kappa shape index (κ1) is 18.6. The van der Waals surface area contributed by atoms with E-state index < -0.39 is 6.10 Å². The Morgan fingerprint density at radius 2 is 1.83 bits per heavy atom. The van der Waals surface area contributed by atoms with Crippen molar-refractivity contribution in [3.63, 3.8) is 0 Å². The number of likely N-dealkylation sites (N-methyl/N-ethyl adjacent to an activating group) is 1. The Balaban J connectivity index is 1.77. The highest BCUT2D eigenvalue weighted by Gasteiger charge is 2.18. The fraction of sp³-hybridized carbons (Fsp3) is 0.667. The van der Waals surface area contributed by atoms with Gasteiger partial charge in [0, 0.05) is 19.1 Å². The summed E-state index contributed by atoms with van der Waals surface area (Å²) in [6.45, 7) is 1.93. The zero-order valence-corrected chi connectivity index (χ0v) is 15.4. The van der Waals surface area contributed by atoms with E-state index in [0.29, 0.717) is 19.2 Å². The van der Waals surface area contributed by atoms with Gasteiger partial charge in [0.1, 0.15) is 18.5 Å². The minimum absolute atomic E-state index is 0.331. The monoisotopic (exact) mass is 338 g/mol. The average molecular weight is 339 g/mol. The molecule has 1 heterocycles. The summed E-state index contributed by atoms with van der Waals surface area (Å²) in [6.07, 6.45) is 2.14. The number of aliphatic hydroxyl groups is 1. The summed E-state index contributed by atoms with van der Waals surface area (Å²) < 4.78 is 5.65. The second kappa shape index (κ2) is 9.52. The fourth-order valence-electron chi connectivity index (χ4n) is 2.90. The summed E-state index contributed by atoms with van der Waals surface area (Å²) in [4.78, 5) is 4.42. The summed E-state index contributed by atoms with van der Waals surface area (Å²) >= 11 is 2.07. The fourth-order valence-corrected chi connectivity index (χ4v) is 3.98. The highest BCUT2D eigenvalue weighted by molar-refractivity contribution is 7.99. The molecule has 1 atom stereocenters. The highest BCUT2D eigenvalue weighted by Crippen LogP contribution is 2.22. The van der Waals surface area contributed by atoms with Crippen molar-refractivity contribution < 1.29 is 9.84 Å². The maximum absolute atomic E-state index is 9.82. The van der Waals surface area contributed by atoms with Gasteiger partial charge < -0.3 is 14.7 Å². The standard InChI is InChI=1S/C18H30N2O2S/c1-19(2)13-17(21)14-22-18-6-4-15(5-7-18)12-20(3)16-8-10-23-11-9-16/h4-7,16-17,21H,8-14H2,1-3H3. The summed E-state index contributed by atoms with van der Waals surface area (Å²) in [7, 11) is 6.11. The third kappa shape index (κ3) is 6.71. The van der Waals surface area contributed by atoms with Crippen LogP contribution in [0.1, 0.15) is 18.4 Å². The summed E-state index contributed by atoms with van der Waals surface area (Å²) in [5.74, 6) is 3.40. The first-order chi connectivity index (χ1) is 11.0. The molecule has 1 aromatic carbocycles. The molecule has 0 saturated carbocycles. The van der Waals surface area contributed by atoms with Crippen LogP contribution in [0.15, 0.2) is 24.3 Å². The van der Waals surface area contributed by atoms with Crippen molar-refractivity contribution in [3.05, 3.63) is 29.8 Å². The quantitative estimate of drug-likeness (QED) is 0.787. The van der Waals surface area contributed by atoms with Crippen LogP contribution in [-0.4, -0.2) is 72.9 Å². The predicted octanol–water partition coefficient (Wildman–Crippen LogP) is 2.32. The number of thioether (sulfide) groups is 1. The van der Waals surface area contributed by atoms with E-state index in [1.54, 1.807) is 0 Å². The number of hydrogen-bond acceptors (Lipinski definition) is 5. The van der Waals surface area contributed by atoms with Gasteiger partial charge in [-0.1, -0.05) is 12.1 Å². The summed E-state index contributed by atoms with van der Waals surface area (Å²) in [5, 5.41) is 9.82. The molecule has 0 bridgehead atoms. The molecule has 5 heteroatoms. The first-order valence-corrected chi connectivity index (χ1v) is 9.52. The van der Waals surface area contributed by atoms with E-state index >= 15 is 0 Å². The minimum atomic E-state index is -0.458. The van der Waals surface area contributed by atoms with E-state index in [1.807, 2.05) is 31.1 Å². The molecule has 1 aliphatic heterocycles. The largest absolute Gasteiger partial charge is 0.491 e. The Morgan fingerprint density at radius 1 is 1.17 bits per heavy atom. The van der Waals surface area contributed by atoms with Crippen LogP contribution in [0.4, 0.5) is 0 Å². The van der Waals surface area contributed by atoms with Crippen LogP contribution in [-0.2, 0) is 6.54 Å². The van der Waals surface area contributed by atoms with Crippen LogP contribution in [0.2, 0.25) is 0 Å². The van der Waals surface area contributed by atoms with Gasteiger partial charge in [-0.25, -0.2) is 0 Å². The van der Waals surface area contributed by atoms with Crippen molar-refractivity contribution in [3.8, 4) is 5.75 Å². The van der Waals surface area contributed by atoms with Crippen molar-refractivity contribution in [1.29, 1.82) is 0 Å². The Bertz CT molecular complexity index is 447. The second-order valence-corrected chi connectivity index (χ2v) is 7.85. The number of rotatable bonds is 8. The number of hydrogen-bond donors (Lipinski definition) is 1. The number of aliphatic hydroxyl groups excluding tert-OH is 1. The number of nitrogens with zero attached hydrogens (tertiary/aromatic N) is 2. The molecule has 130 valence electrons. The van der Waals surface area contributed by atoms with E-state index in [4.69, 9.17) is 4.74 Å².